The first kappa shape index (κ1) is 23.1. The van der Waals surface area contributed by atoms with E-state index in [2.05, 4.69) is 41.9 Å². The predicted octanol–water partition coefficient (Wildman–Crippen LogP) is 4.22. The van der Waals surface area contributed by atoms with E-state index in [1.54, 1.807) is 18.2 Å². The van der Waals surface area contributed by atoms with Crippen LogP contribution in [0.1, 0.15) is 5.56 Å². The minimum atomic E-state index is -0.726. The SMILES string of the molecule is COC(=O)COc1c(Br)cc(/C=C(\C#N)C(=O)Nc2cccc([N+](=O)[O-])c2)cc1Br. The van der Waals surface area contributed by atoms with Crippen LogP contribution in [0.15, 0.2) is 50.9 Å². The van der Waals surface area contributed by atoms with Gasteiger partial charge in [-0.25, -0.2) is 4.79 Å². The number of hydrogen-bond acceptors (Lipinski definition) is 7. The number of nitro groups is 1. The summed E-state index contributed by atoms with van der Waals surface area (Å²) in [5.74, 6) is -0.935. The first-order valence-electron chi connectivity index (χ1n) is 8.11. The van der Waals surface area contributed by atoms with E-state index in [1.807, 2.05) is 0 Å². The molecule has 1 N–H and O–H groups in total. The lowest BCUT2D eigenvalue weighted by Gasteiger charge is -2.10. The van der Waals surface area contributed by atoms with Crippen molar-refractivity contribution in [1.29, 1.82) is 5.26 Å². The molecule has 0 heterocycles. The van der Waals surface area contributed by atoms with Crippen LogP contribution in [0.3, 0.4) is 0 Å². The van der Waals surface area contributed by atoms with E-state index in [0.717, 1.165) is 0 Å². The summed E-state index contributed by atoms with van der Waals surface area (Å²) in [4.78, 5) is 33.9. The van der Waals surface area contributed by atoms with Crippen molar-refractivity contribution in [2.24, 2.45) is 0 Å². The number of esters is 1. The van der Waals surface area contributed by atoms with Crippen molar-refractivity contribution in [3.8, 4) is 11.8 Å². The molecule has 0 aromatic heterocycles. The Morgan fingerprint density at radius 1 is 1.27 bits per heavy atom. The van der Waals surface area contributed by atoms with Gasteiger partial charge in [-0.15, -0.1) is 0 Å². The number of nitro benzene ring substituents is 1. The Hall–Kier alpha value is -3.23. The number of halogens is 2. The third kappa shape index (κ3) is 6.13. The van der Waals surface area contributed by atoms with Crippen LogP contribution in [-0.4, -0.2) is 30.5 Å². The van der Waals surface area contributed by atoms with E-state index in [9.17, 15) is 25.0 Å². The van der Waals surface area contributed by atoms with Crippen LogP contribution in [0.2, 0.25) is 0 Å². The van der Waals surface area contributed by atoms with Gasteiger partial charge in [-0.1, -0.05) is 6.07 Å². The van der Waals surface area contributed by atoms with Crippen molar-refractivity contribution < 1.29 is 24.0 Å². The first-order chi connectivity index (χ1) is 14.2. The van der Waals surface area contributed by atoms with Crippen molar-refractivity contribution in [3.63, 3.8) is 0 Å². The number of methoxy groups -OCH3 is 1. The highest BCUT2D eigenvalue weighted by molar-refractivity contribution is 9.11. The number of benzene rings is 2. The van der Waals surface area contributed by atoms with Crippen LogP contribution in [0.25, 0.3) is 6.08 Å². The van der Waals surface area contributed by atoms with Crippen molar-refractivity contribution in [1.82, 2.24) is 0 Å². The highest BCUT2D eigenvalue weighted by Gasteiger charge is 2.15. The molecule has 0 bridgehead atoms. The molecular weight excluding hydrogens is 526 g/mol. The maximum absolute atomic E-state index is 12.4. The van der Waals surface area contributed by atoms with E-state index in [4.69, 9.17) is 4.74 Å². The molecule has 11 heteroatoms. The molecule has 0 aliphatic heterocycles. The number of nitrogens with zero attached hydrogens (tertiary/aromatic N) is 2. The molecule has 0 unspecified atom stereocenters. The summed E-state index contributed by atoms with van der Waals surface area (Å²) >= 11 is 6.62. The van der Waals surface area contributed by atoms with Gasteiger partial charge >= 0.3 is 5.97 Å². The van der Waals surface area contributed by atoms with Gasteiger partial charge in [0.25, 0.3) is 11.6 Å². The molecule has 1 amide bonds. The molecular formula is C19H13Br2N3O6. The fraction of sp³-hybridized carbons (Fsp3) is 0.105. The number of non-ortho nitro benzene ring substituents is 1. The Morgan fingerprint density at radius 3 is 2.50 bits per heavy atom. The Kier molecular flexibility index (Phi) is 8.08. The second-order valence-electron chi connectivity index (χ2n) is 5.61. The second kappa shape index (κ2) is 10.5. The van der Waals surface area contributed by atoms with Gasteiger partial charge in [0, 0.05) is 17.8 Å². The summed E-state index contributed by atoms with van der Waals surface area (Å²) in [5, 5.41) is 22.7. The Balaban J connectivity index is 2.24. The van der Waals surface area contributed by atoms with Crippen LogP contribution in [0.5, 0.6) is 5.75 Å². The summed E-state index contributed by atoms with van der Waals surface area (Å²) in [6, 6.07) is 10.4. The van der Waals surface area contributed by atoms with Crippen molar-refractivity contribution in [2.45, 2.75) is 0 Å². The number of ether oxygens (including phenoxy) is 2. The Morgan fingerprint density at radius 2 is 1.93 bits per heavy atom. The molecule has 0 aliphatic rings. The Labute approximate surface area is 187 Å². The highest BCUT2D eigenvalue weighted by Crippen LogP contribution is 2.35. The summed E-state index contributed by atoms with van der Waals surface area (Å²) in [6.45, 7) is -0.294. The molecule has 0 atom stereocenters. The lowest BCUT2D eigenvalue weighted by molar-refractivity contribution is -0.384. The van der Waals surface area contributed by atoms with E-state index in [-0.39, 0.29) is 23.6 Å². The summed E-state index contributed by atoms with van der Waals surface area (Å²) in [6.07, 6.45) is 1.34. The largest absolute Gasteiger partial charge is 0.480 e. The van der Waals surface area contributed by atoms with Gasteiger partial charge in [-0.3, -0.25) is 14.9 Å². The zero-order valence-electron chi connectivity index (χ0n) is 15.3. The van der Waals surface area contributed by atoms with Crippen LogP contribution < -0.4 is 10.1 Å². The topological polar surface area (TPSA) is 132 Å². The number of hydrogen-bond donors (Lipinski definition) is 1. The van der Waals surface area contributed by atoms with Gasteiger partial charge in [0.05, 0.1) is 21.0 Å². The van der Waals surface area contributed by atoms with Crippen molar-refractivity contribution in [3.05, 3.63) is 66.6 Å². The number of nitriles is 1. The molecule has 0 aliphatic carbocycles. The zero-order chi connectivity index (χ0) is 22.3. The maximum Gasteiger partial charge on any atom is 0.343 e. The van der Waals surface area contributed by atoms with Gasteiger partial charge in [0.15, 0.2) is 6.61 Å². The molecule has 154 valence electrons. The average molecular weight is 539 g/mol. The molecule has 0 radical (unpaired) electrons. The van der Waals surface area contributed by atoms with Crippen LogP contribution in [0, 0.1) is 21.4 Å². The summed E-state index contributed by atoms with van der Waals surface area (Å²) < 4.78 is 10.8. The average Bonchev–Trinajstić information content (AvgIpc) is 2.71. The number of amides is 1. The van der Waals surface area contributed by atoms with Crippen LogP contribution in [0.4, 0.5) is 11.4 Å². The van der Waals surface area contributed by atoms with E-state index < -0.39 is 16.8 Å². The molecule has 30 heavy (non-hydrogen) atoms. The normalized spacial score (nSPS) is 10.7. The van der Waals surface area contributed by atoms with Crippen molar-refractivity contribution >= 4 is 61.2 Å². The lowest BCUT2D eigenvalue weighted by Crippen LogP contribution is -2.13. The Bertz CT molecular complexity index is 1060. The maximum atomic E-state index is 12.4. The fourth-order valence-electron chi connectivity index (χ4n) is 2.20. The molecule has 0 spiro atoms. The minimum Gasteiger partial charge on any atom is -0.480 e. The first-order valence-corrected chi connectivity index (χ1v) is 9.70. The standard InChI is InChI=1S/C19H13Br2N3O6/c1-29-17(25)10-30-18-15(20)6-11(7-16(18)21)5-12(9-22)19(26)23-13-3-2-4-14(8-13)24(27)28/h2-8H,10H2,1H3,(H,23,26)/b12-5+. The summed E-state index contributed by atoms with van der Waals surface area (Å²) in [5.41, 5.74) is 0.267. The van der Waals surface area contributed by atoms with E-state index in [0.29, 0.717) is 20.3 Å². The van der Waals surface area contributed by atoms with E-state index >= 15 is 0 Å². The summed E-state index contributed by atoms with van der Waals surface area (Å²) in [7, 11) is 1.24. The lowest BCUT2D eigenvalue weighted by atomic mass is 10.1. The van der Waals surface area contributed by atoms with Gasteiger partial charge in [-0.2, -0.15) is 5.26 Å². The fourth-order valence-corrected chi connectivity index (χ4v) is 3.65. The molecule has 0 fully saturated rings. The van der Waals surface area contributed by atoms with Gasteiger partial charge in [0.2, 0.25) is 0 Å². The monoisotopic (exact) mass is 537 g/mol. The van der Waals surface area contributed by atoms with Gasteiger partial charge in [0.1, 0.15) is 17.4 Å². The molecule has 2 aromatic rings. The van der Waals surface area contributed by atoms with Crippen molar-refractivity contribution in [2.75, 3.05) is 19.0 Å². The third-order valence-electron chi connectivity index (χ3n) is 3.57. The molecule has 2 rings (SSSR count). The second-order valence-corrected chi connectivity index (χ2v) is 7.32. The van der Waals surface area contributed by atoms with Gasteiger partial charge < -0.3 is 14.8 Å². The number of carbonyl (C=O) groups excluding carboxylic acids is 2. The number of nitrogens with one attached hydrogen (secondary N) is 1. The smallest absolute Gasteiger partial charge is 0.343 e. The zero-order valence-corrected chi connectivity index (χ0v) is 18.5. The van der Waals surface area contributed by atoms with Gasteiger partial charge in [-0.05, 0) is 61.7 Å². The van der Waals surface area contributed by atoms with E-state index in [1.165, 1.54) is 37.5 Å². The molecule has 2 aromatic carbocycles. The molecule has 0 saturated carbocycles. The third-order valence-corrected chi connectivity index (χ3v) is 4.75. The quantitative estimate of drug-likeness (QED) is 0.183. The number of anilines is 1. The highest BCUT2D eigenvalue weighted by atomic mass is 79.9. The van der Waals surface area contributed by atoms with Crippen LogP contribution in [-0.2, 0) is 14.3 Å². The predicted molar refractivity (Wildman–Crippen MR) is 115 cm³/mol. The number of rotatable bonds is 7. The number of carbonyl (C=O) groups is 2. The molecule has 0 saturated heterocycles. The van der Waals surface area contributed by atoms with Crippen LogP contribution >= 0.6 is 31.9 Å². The minimum absolute atomic E-state index is 0.185. The molecule has 9 nitrogen and oxygen atoms in total.